The Morgan fingerprint density at radius 2 is 1.52 bits per heavy atom. The minimum absolute atomic E-state index is 0.180. The van der Waals surface area contributed by atoms with Gasteiger partial charge in [-0.3, -0.25) is 10.1 Å². The Hall–Kier alpha value is -1.56. The summed E-state index contributed by atoms with van der Waals surface area (Å²) in [5.74, 6) is 0. The van der Waals surface area contributed by atoms with Crippen molar-refractivity contribution in [2.45, 2.75) is 17.2 Å². The minimum Gasteiger partial charge on any atom is -0.258 e. The minimum atomic E-state index is -5.72. The number of hydrogen-bond donors (Lipinski definition) is 0. The normalized spacial score (nSPS) is 13.3. The van der Waals surface area contributed by atoms with Crippen molar-refractivity contribution in [2.75, 3.05) is 0 Å². The van der Waals surface area contributed by atoms with Gasteiger partial charge in [0, 0.05) is 16.7 Å². The molecular formula is C8H2ClF6NO4S. The Kier molecular flexibility index (Phi) is 4.18. The summed E-state index contributed by atoms with van der Waals surface area (Å²) in [7, 11) is -0.179. The lowest BCUT2D eigenvalue weighted by atomic mass is 10.0. The summed E-state index contributed by atoms with van der Waals surface area (Å²) in [5.41, 5.74) is -7.16. The molecule has 0 radical (unpaired) electrons. The fourth-order valence-corrected chi connectivity index (χ4v) is 2.19. The largest absolute Gasteiger partial charge is 0.423 e. The van der Waals surface area contributed by atoms with Crippen molar-refractivity contribution in [3.8, 4) is 0 Å². The van der Waals surface area contributed by atoms with Crippen molar-refractivity contribution in [3.05, 3.63) is 33.4 Å². The summed E-state index contributed by atoms with van der Waals surface area (Å²) >= 11 is 0. The maximum absolute atomic E-state index is 12.6. The third-order valence-corrected chi connectivity index (χ3v) is 3.49. The van der Waals surface area contributed by atoms with Crippen LogP contribution >= 0.6 is 10.7 Å². The quantitative estimate of drug-likeness (QED) is 0.351. The third kappa shape index (κ3) is 3.75. The van der Waals surface area contributed by atoms with Gasteiger partial charge in [-0.05, 0) is 6.07 Å². The molecular weight excluding hydrogens is 356 g/mol. The number of nitrogens with zero attached hydrogens (tertiary/aromatic N) is 1. The Bertz CT molecular complexity index is 696. The van der Waals surface area contributed by atoms with E-state index >= 15 is 0 Å². The van der Waals surface area contributed by atoms with Gasteiger partial charge < -0.3 is 0 Å². The van der Waals surface area contributed by atoms with E-state index in [-0.39, 0.29) is 6.07 Å². The number of nitro benzene ring substituents is 1. The number of halogens is 7. The van der Waals surface area contributed by atoms with Gasteiger partial charge in [-0.2, -0.15) is 26.3 Å². The Morgan fingerprint density at radius 3 is 1.81 bits per heavy atom. The Morgan fingerprint density at radius 1 is 1.05 bits per heavy atom. The highest BCUT2D eigenvalue weighted by Crippen LogP contribution is 2.46. The van der Waals surface area contributed by atoms with Gasteiger partial charge in [0.05, 0.1) is 15.4 Å². The van der Waals surface area contributed by atoms with Crippen LogP contribution in [0.25, 0.3) is 0 Å². The standard InChI is InChI=1S/C8H2ClF6NO4S/c9-21(19,20)3-1-4(7(10,11)12)6(8(13,14)15)5(2-3)16(17)18/h1-2H. The summed E-state index contributed by atoms with van der Waals surface area (Å²) in [6, 6.07) is -0.585. The highest BCUT2D eigenvalue weighted by Gasteiger charge is 2.49. The molecule has 0 amide bonds. The fourth-order valence-electron chi connectivity index (χ4n) is 1.41. The van der Waals surface area contributed by atoms with Gasteiger partial charge in [-0.1, -0.05) is 0 Å². The van der Waals surface area contributed by atoms with Crippen LogP contribution in [0, 0.1) is 10.1 Å². The molecule has 0 unspecified atom stereocenters. The smallest absolute Gasteiger partial charge is 0.258 e. The van der Waals surface area contributed by atoms with Gasteiger partial charge in [0.25, 0.3) is 14.7 Å². The van der Waals surface area contributed by atoms with Crippen molar-refractivity contribution in [1.82, 2.24) is 0 Å². The number of nitro groups is 1. The molecule has 0 spiro atoms. The number of benzene rings is 1. The molecule has 13 heteroatoms. The van der Waals surface area contributed by atoms with Crippen molar-refractivity contribution >= 4 is 25.4 Å². The zero-order chi connectivity index (χ0) is 16.8. The number of rotatable bonds is 2. The van der Waals surface area contributed by atoms with E-state index in [0.29, 0.717) is 0 Å². The summed E-state index contributed by atoms with van der Waals surface area (Å²) in [4.78, 5) is 7.29. The maximum atomic E-state index is 12.6. The van der Waals surface area contributed by atoms with E-state index in [4.69, 9.17) is 10.7 Å². The average molecular weight is 358 g/mol. The molecule has 0 aromatic heterocycles. The van der Waals surface area contributed by atoms with Gasteiger partial charge in [-0.15, -0.1) is 0 Å². The first-order valence-electron chi connectivity index (χ1n) is 4.57. The second-order valence-electron chi connectivity index (χ2n) is 3.56. The molecule has 0 fully saturated rings. The van der Waals surface area contributed by atoms with Gasteiger partial charge in [0.2, 0.25) is 0 Å². The van der Waals surface area contributed by atoms with Crippen molar-refractivity contribution < 1.29 is 39.7 Å². The van der Waals surface area contributed by atoms with Crippen molar-refractivity contribution in [1.29, 1.82) is 0 Å². The summed E-state index contributed by atoms with van der Waals surface area (Å²) in [5, 5.41) is 10.5. The van der Waals surface area contributed by atoms with E-state index < -0.39 is 54.1 Å². The molecule has 0 saturated heterocycles. The molecule has 5 nitrogen and oxygen atoms in total. The van der Waals surface area contributed by atoms with Crippen LogP contribution < -0.4 is 0 Å². The average Bonchev–Trinajstić information content (AvgIpc) is 2.23. The topological polar surface area (TPSA) is 77.3 Å². The molecule has 0 aliphatic carbocycles. The van der Waals surface area contributed by atoms with Crippen LogP contribution in [0.4, 0.5) is 32.0 Å². The molecule has 0 bridgehead atoms. The Balaban J connectivity index is 3.99. The van der Waals surface area contributed by atoms with E-state index in [1.54, 1.807) is 0 Å². The van der Waals surface area contributed by atoms with Gasteiger partial charge in [0.15, 0.2) is 0 Å². The van der Waals surface area contributed by atoms with Crippen LogP contribution in [0.1, 0.15) is 11.1 Å². The predicted molar refractivity (Wildman–Crippen MR) is 56.1 cm³/mol. The molecule has 0 aliphatic heterocycles. The zero-order valence-electron chi connectivity index (χ0n) is 9.29. The first-order chi connectivity index (χ1) is 9.15. The first-order valence-corrected chi connectivity index (χ1v) is 6.88. The molecule has 0 N–H and O–H groups in total. The molecule has 1 aromatic carbocycles. The van der Waals surface area contributed by atoms with Crippen LogP contribution in [0.2, 0.25) is 0 Å². The molecule has 1 rings (SSSR count). The summed E-state index contributed by atoms with van der Waals surface area (Å²) < 4.78 is 97.7. The van der Waals surface area contributed by atoms with E-state index in [2.05, 4.69) is 0 Å². The highest BCUT2D eigenvalue weighted by molar-refractivity contribution is 8.13. The molecule has 1 aromatic rings. The van der Waals surface area contributed by atoms with Crippen LogP contribution in [0.15, 0.2) is 17.0 Å². The van der Waals surface area contributed by atoms with Crippen LogP contribution in [-0.4, -0.2) is 13.3 Å². The van der Waals surface area contributed by atoms with Gasteiger partial charge in [-0.25, -0.2) is 8.42 Å². The lowest BCUT2D eigenvalue weighted by molar-refractivity contribution is -0.388. The van der Waals surface area contributed by atoms with Crippen LogP contribution in [-0.2, 0) is 21.4 Å². The molecule has 21 heavy (non-hydrogen) atoms. The van der Waals surface area contributed by atoms with Gasteiger partial charge in [0.1, 0.15) is 5.56 Å². The molecule has 0 heterocycles. The monoisotopic (exact) mass is 357 g/mol. The van der Waals surface area contributed by atoms with Gasteiger partial charge >= 0.3 is 12.4 Å². The highest BCUT2D eigenvalue weighted by atomic mass is 35.7. The predicted octanol–water partition coefficient (Wildman–Crippen LogP) is 3.56. The summed E-state index contributed by atoms with van der Waals surface area (Å²) in [6.07, 6.45) is -11.4. The van der Waals surface area contributed by atoms with E-state index in [1.807, 2.05) is 0 Å². The molecule has 0 aliphatic rings. The third-order valence-electron chi connectivity index (χ3n) is 2.16. The van der Waals surface area contributed by atoms with E-state index in [1.165, 1.54) is 0 Å². The van der Waals surface area contributed by atoms with E-state index in [9.17, 15) is 44.9 Å². The molecule has 118 valence electrons. The van der Waals surface area contributed by atoms with Crippen molar-refractivity contribution in [3.63, 3.8) is 0 Å². The first kappa shape index (κ1) is 17.5. The fraction of sp³-hybridized carbons (Fsp3) is 0.250. The van der Waals surface area contributed by atoms with Crippen LogP contribution in [0.5, 0.6) is 0 Å². The second kappa shape index (κ2) is 5.02. The van der Waals surface area contributed by atoms with Crippen LogP contribution in [0.3, 0.4) is 0 Å². The number of hydrogen-bond acceptors (Lipinski definition) is 4. The lowest BCUT2D eigenvalue weighted by Crippen LogP contribution is -2.19. The summed E-state index contributed by atoms with van der Waals surface area (Å²) in [6.45, 7) is 0. The Labute approximate surface area is 116 Å². The lowest BCUT2D eigenvalue weighted by Gasteiger charge is -2.16. The molecule has 0 atom stereocenters. The zero-order valence-corrected chi connectivity index (χ0v) is 10.9. The maximum Gasteiger partial charge on any atom is 0.423 e. The SMILES string of the molecule is O=[N+]([O-])c1cc(S(=O)(=O)Cl)cc(C(F)(F)F)c1C(F)(F)F. The second-order valence-corrected chi connectivity index (χ2v) is 6.12. The van der Waals surface area contributed by atoms with Crippen molar-refractivity contribution in [2.24, 2.45) is 0 Å². The molecule has 0 saturated carbocycles. The number of alkyl halides is 6. The van der Waals surface area contributed by atoms with E-state index in [0.717, 1.165) is 0 Å².